The third-order valence-corrected chi connectivity index (χ3v) is 6.69. The zero-order valence-corrected chi connectivity index (χ0v) is 20.1. The number of nitrogens with one attached hydrogen (secondary N) is 1. The number of ether oxygens (including phenoxy) is 2. The monoisotopic (exact) mass is 486 g/mol. The minimum atomic E-state index is -0.159. The second-order valence-corrected chi connectivity index (χ2v) is 9.56. The third kappa shape index (κ3) is 4.92. The van der Waals surface area contributed by atoms with E-state index in [-0.39, 0.29) is 17.8 Å². The van der Waals surface area contributed by atoms with Gasteiger partial charge in [-0.1, -0.05) is 24.3 Å². The number of fused-ring (bicyclic) bond motifs is 3. The van der Waals surface area contributed by atoms with E-state index in [2.05, 4.69) is 38.5 Å². The molecule has 36 heavy (non-hydrogen) atoms. The molecule has 1 saturated carbocycles. The van der Waals surface area contributed by atoms with Crippen molar-refractivity contribution >= 4 is 17.0 Å². The fourth-order valence-electron chi connectivity index (χ4n) is 4.52. The molecule has 4 bridgehead atoms. The first-order chi connectivity index (χ1) is 17.6. The maximum atomic E-state index is 10.5. The minimum absolute atomic E-state index is 0.159. The summed E-state index contributed by atoms with van der Waals surface area (Å²) in [4.78, 5) is 12.8. The van der Waals surface area contributed by atoms with Gasteiger partial charge in [-0.15, -0.1) is 0 Å². The van der Waals surface area contributed by atoms with Crippen LogP contribution in [0.4, 0.5) is 5.82 Å². The van der Waals surface area contributed by atoms with Gasteiger partial charge in [-0.2, -0.15) is 15.0 Å². The van der Waals surface area contributed by atoms with Crippen LogP contribution in [0.3, 0.4) is 0 Å². The van der Waals surface area contributed by atoms with E-state index >= 15 is 0 Å². The average Bonchev–Trinajstić information content (AvgIpc) is 3.66. The van der Waals surface area contributed by atoms with Gasteiger partial charge >= 0.3 is 6.01 Å². The predicted octanol–water partition coefficient (Wildman–Crippen LogP) is 4.31. The lowest BCUT2D eigenvalue weighted by atomic mass is 10.0. The molecule has 1 aliphatic carbocycles. The molecule has 2 aliphatic rings. The largest absolute Gasteiger partial charge is 0.480 e. The summed E-state index contributed by atoms with van der Waals surface area (Å²) in [5, 5.41) is 14.1. The van der Waals surface area contributed by atoms with Crippen LogP contribution in [-0.4, -0.2) is 37.3 Å². The number of aromatic hydroxyl groups is 1. The van der Waals surface area contributed by atoms with Crippen LogP contribution in [0.25, 0.3) is 11.2 Å². The molecule has 4 aromatic rings. The number of nitrogen functional groups attached to an aromatic ring is 1. The molecule has 0 atom stereocenters. The second-order valence-electron chi connectivity index (χ2n) is 9.56. The number of imidazole rings is 1. The van der Waals surface area contributed by atoms with Gasteiger partial charge in [0, 0.05) is 12.6 Å². The molecular weight excluding hydrogens is 456 g/mol. The van der Waals surface area contributed by atoms with E-state index in [0.717, 1.165) is 54.9 Å². The lowest BCUT2D eigenvalue weighted by Crippen LogP contribution is -2.14. The molecule has 0 saturated heterocycles. The summed E-state index contributed by atoms with van der Waals surface area (Å²) in [5.74, 6) is 1.86. The fraction of sp³-hybridized carbons (Fsp3) is 0.370. The summed E-state index contributed by atoms with van der Waals surface area (Å²) >= 11 is 0. The Morgan fingerprint density at radius 1 is 1.06 bits per heavy atom. The Morgan fingerprint density at radius 3 is 2.75 bits per heavy atom. The van der Waals surface area contributed by atoms with Gasteiger partial charge in [-0.3, -0.25) is 4.57 Å². The van der Waals surface area contributed by atoms with Crippen LogP contribution >= 0.6 is 0 Å². The van der Waals surface area contributed by atoms with Gasteiger partial charge in [0.15, 0.2) is 17.0 Å². The van der Waals surface area contributed by atoms with E-state index < -0.39 is 0 Å². The van der Waals surface area contributed by atoms with Crippen molar-refractivity contribution in [3.05, 3.63) is 59.2 Å². The van der Waals surface area contributed by atoms with E-state index in [1.165, 1.54) is 18.4 Å². The first kappa shape index (κ1) is 22.6. The fourth-order valence-corrected chi connectivity index (χ4v) is 4.52. The number of anilines is 1. The normalized spacial score (nSPS) is 16.0. The van der Waals surface area contributed by atoms with E-state index in [4.69, 9.17) is 15.2 Å². The number of benzene rings is 2. The number of hydrogen-bond donors (Lipinski definition) is 3. The van der Waals surface area contributed by atoms with Crippen LogP contribution in [-0.2, 0) is 19.5 Å². The van der Waals surface area contributed by atoms with Crippen LogP contribution in [0.5, 0.6) is 23.5 Å². The van der Waals surface area contributed by atoms with Crippen LogP contribution < -0.4 is 20.5 Å². The SMILES string of the molecule is Nc1nc2nc3c1nc(O)n3Cc1ccc(Oc3ccc(CNC4CC4)cc3)c(c1)CCCCCO2. The molecule has 2 aromatic heterocycles. The summed E-state index contributed by atoms with van der Waals surface area (Å²) in [5.41, 5.74) is 10.3. The molecule has 2 aromatic carbocycles. The van der Waals surface area contributed by atoms with Crippen LogP contribution in [0.15, 0.2) is 42.5 Å². The molecule has 0 amide bonds. The van der Waals surface area contributed by atoms with Gasteiger partial charge in [0.25, 0.3) is 6.01 Å². The molecule has 0 radical (unpaired) electrons. The summed E-state index contributed by atoms with van der Waals surface area (Å²) < 4.78 is 13.7. The van der Waals surface area contributed by atoms with Gasteiger partial charge < -0.3 is 25.6 Å². The zero-order chi connectivity index (χ0) is 24.5. The number of rotatable bonds is 5. The van der Waals surface area contributed by atoms with Gasteiger partial charge in [0.2, 0.25) is 0 Å². The average molecular weight is 487 g/mol. The first-order valence-corrected chi connectivity index (χ1v) is 12.6. The molecule has 9 nitrogen and oxygen atoms in total. The topological polar surface area (TPSA) is 120 Å². The van der Waals surface area contributed by atoms with E-state index in [1.807, 2.05) is 24.3 Å². The third-order valence-electron chi connectivity index (χ3n) is 6.69. The number of hydrogen-bond acceptors (Lipinski definition) is 8. The standard InChI is InChI=1S/C27H30N6O3/c28-24-23-25-32-26(31-24)35-13-3-1-2-4-19-14-18(16-33(25)27(34)30-23)7-12-22(19)36-21-10-5-17(6-11-21)15-29-20-8-9-20/h5-7,10-12,14,20,29H,1-4,8-9,13,15-16H2,(H,30,34)(H2,28,31,32). The summed E-state index contributed by atoms with van der Waals surface area (Å²) in [6.45, 7) is 1.77. The van der Waals surface area contributed by atoms with Gasteiger partial charge in [-0.05, 0) is 73.4 Å². The lowest BCUT2D eigenvalue weighted by molar-refractivity contribution is 0.283. The van der Waals surface area contributed by atoms with Gasteiger partial charge in [0.05, 0.1) is 13.2 Å². The minimum Gasteiger partial charge on any atom is -0.480 e. The van der Waals surface area contributed by atoms with Crippen LogP contribution in [0.1, 0.15) is 48.8 Å². The first-order valence-electron chi connectivity index (χ1n) is 12.6. The van der Waals surface area contributed by atoms with Crippen molar-refractivity contribution < 1.29 is 14.6 Å². The molecule has 186 valence electrons. The van der Waals surface area contributed by atoms with Crippen molar-refractivity contribution in [1.29, 1.82) is 0 Å². The molecule has 0 unspecified atom stereocenters. The van der Waals surface area contributed by atoms with Crippen molar-refractivity contribution in [3.8, 4) is 23.5 Å². The van der Waals surface area contributed by atoms with E-state index in [9.17, 15) is 5.11 Å². The van der Waals surface area contributed by atoms with Crippen molar-refractivity contribution in [1.82, 2.24) is 24.8 Å². The Kier molecular flexibility index (Phi) is 6.06. The smallest absolute Gasteiger partial charge is 0.320 e. The van der Waals surface area contributed by atoms with Crippen LogP contribution in [0.2, 0.25) is 0 Å². The van der Waals surface area contributed by atoms with Gasteiger partial charge in [-0.25, -0.2) is 0 Å². The molecule has 3 heterocycles. The summed E-state index contributed by atoms with van der Waals surface area (Å²) in [6, 6.07) is 15.2. The Labute approximate surface area is 209 Å². The maximum absolute atomic E-state index is 10.5. The summed E-state index contributed by atoms with van der Waals surface area (Å²) in [6.07, 6.45) is 6.32. The molecule has 4 N–H and O–H groups in total. The highest BCUT2D eigenvalue weighted by molar-refractivity contribution is 5.83. The van der Waals surface area contributed by atoms with Crippen molar-refractivity contribution in [2.24, 2.45) is 0 Å². The zero-order valence-electron chi connectivity index (χ0n) is 20.1. The molecule has 1 aliphatic heterocycles. The Balaban J connectivity index is 1.27. The van der Waals surface area contributed by atoms with Crippen molar-refractivity contribution in [3.63, 3.8) is 0 Å². The van der Waals surface area contributed by atoms with Crippen molar-refractivity contribution in [2.45, 2.75) is 57.7 Å². The number of nitrogens with zero attached hydrogens (tertiary/aromatic N) is 4. The van der Waals surface area contributed by atoms with E-state index in [0.29, 0.717) is 30.4 Å². The highest BCUT2D eigenvalue weighted by atomic mass is 16.5. The quantitative estimate of drug-likeness (QED) is 0.382. The highest BCUT2D eigenvalue weighted by Gasteiger charge is 2.20. The molecule has 0 spiro atoms. The Hall–Kier alpha value is -3.85. The van der Waals surface area contributed by atoms with Crippen molar-refractivity contribution in [2.75, 3.05) is 12.3 Å². The highest BCUT2D eigenvalue weighted by Crippen LogP contribution is 2.31. The van der Waals surface area contributed by atoms with Crippen LogP contribution in [0, 0.1) is 0 Å². The summed E-state index contributed by atoms with van der Waals surface area (Å²) in [7, 11) is 0. The number of aryl methyl sites for hydroxylation is 1. The lowest BCUT2D eigenvalue weighted by Gasteiger charge is -2.15. The number of nitrogens with two attached hydrogens (primary N) is 1. The van der Waals surface area contributed by atoms with Gasteiger partial charge in [0.1, 0.15) is 11.5 Å². The molecular formula is C27H30N6O3. The Bertz CT molecular complexity index is 1380. The molecule has 6 rings (SSSR count). The number of aromatic nitrogens is 4. The molecule has 9 heteroatoms. The maximum Gasteiger partial charge on any atom is 0.320 e. The predicted molar refractivity (Wildman–Crippen MR) is 136 cm³/mol. The Morgan fingerprint density at radius 2 is 1.92 bits per heavy atom. The second kappa shape index (κ2) is 9.66. The van der Waals surface area contributed by atoms with E-state index in [1.54, 1.807) is 4.57 Å². The molecule has 1 fully saturated rings.